The topological polar surface area (TPSA) is 70.2 Å². The second-order valence-electron chi connectivity index (χ2n) is 5.75. The van der Waals surface area contributed by atoms with Crippen LogP contribution in [0.3, 0.4) is 0 Å². The van der Waals surface area contributed by atoms with E-state index < -0.39 is 0 Å². The Morgan fingerprint density at radius 1 is 1.05 bits per heavy atom. The van der Waals surface area contributed by atoms with Gasteiger partial charge in [-0.05, 0) is 31.0 Å². The predicted molar refractivity (Wildman–Crippen MR) is 88.9 cm³/mol. The molecule has 0 aliphatic heterocycles. The van der Waals surface area contributed by atoms with Gasteiger partial charge in [0.1, 0.15) is 0 Å². The molecular formula is C17H25N3O2. The van der Waals surface area contributed by atoms with Crippen molar-refractivity contribution in [1.82, 2.24) is 5.32 Å². The highest BCUT2D eigenvalue weighted by molar-refractivity contribution is 5.94. The Balaban J connectivity index is 1.80. The zero-order valence-corrected chi connectivity index (χ0v) is 13.2. The summed E-state index contributed by atoms with van der Waals surface area (Å²) < 4.78 is 0. The summed E-state index contributed by atoms with van der Waals surface area (Å²) in [5.41, 5.74) is 1.40. The van der Waals surface area contributed by atoms with Gasteiger partial charge >= 0.3 is 0 Å². The number of carbonyl (C=O) groups excluding carboxylic acids is 2. The molecule has 1 aliphatic carbocycles. The van der Waals surface area contributed by atoms with Crippen molar-refractivity contribution in [3.63, 3.8) is 0 Å². The van der Waals surface area contributed by atoms with Crippen LogP contribution in [0.2, 0.25) is 0 Å². The van der Waals surface area contributed by atoms with Crippen LogP contribution >= 0.6 is 0 Å². The summed E-state index contributed by atoms with van der Waals surface area (Å²) in [6, 6.07) is 7.68. The molecule has 5 heteroatoms. The average molecular weight is 303 g/mol. The van der Waals surface area contributed by atoms with Crippen LogP contribution in [0.4, 0.5) is 11.4 Å². The first-order chi connectivity index (χ1) is 10.7. The van der Waals surface area contributed by atoms with Gasteiger partial charge in [-0.25, -0.2) is 0 Å². The van der Waals surface area contributed by atoms with E-state index in [0.717, 1.165) is 12.8 Å². The fraction of sp³-hybridized carbons (Fsp3) is 0.529. The lowest BCUT2D eigenvalue weighted by Gasteiger charge is -2.22. The summed E-state index contributed by atoms with van der Waals surface area (Å²) in [5.74, 6) is -0.0908. The lowest BCUT2D eigenvalue weighted by Crippen LogP contribution is -2.37. The minimum Gasteiger partial charge on any atom is -0.326 e. The zero-order valence-electron chi connectivity index (χ0n) is 13.2. The van der Waals surface area contributed by atoms with E-state index in [4.69, 9.17) is 0 Å². The van der Waals surface area contributed by atoms with E-state index in [-0.39, 0.29) is 11.8 Å². The van der Waals surface area contributed by atoms with Gasteiger partial charge in [0.15, 0.2) is 0 Å². The van der Waals surface area contributed by atoms with Crippen molar-refractivity contribution in [2.45, 2.75) is 51.5 Å². The number of rotatable bonds is 6. The fourth-order valence-corrected chi connectivity index (χ4v) is 2.67. The van der Waals surface area contributed by atoms with Crippen LogP contribution in [0, 0.1) is 0 Å². The van der Waals surface area contributed by atoms with Crippen molar-refractivity contribution in [1.29, 1.82) is 0 Å². The molecule has 1 fully saturated rings. The van der Waals surface area contributed by atoms with Crippen molar-refractivity contribution in [2.75, 3.05) is 17.2 Å². The Labute approximate surface area is 131 Å². The predicted octanol–water partition coefficient (Wildman–Crippen LogP) is 2.90. The van der Waals surface area contributed by atoms with Crippen molar-refractivity contribution in [2.24, 2.45) is 0 Å². The molecule has 5 nitrogen and oxygen atoms in total. The number of carbonyl (C=O) groups is 2. The van der Waals surface area contributed by atoms with Crippen LogP contribution < -0.4 is 16.0 Å². The standard InChI is InChI=1S/C17H25N3O2/c1-2-16(21)19-14-9-6-10-15(11-14)20-17(22)12-18-13-7-4-3-5-8-13/h6,9-11,13,18H,2-5,7-8,12H2,1H3,(H,19,21)(H,20,22). The second kappa shape index (κ2) is 8.54. The van der Waals surface area contributed by atoms with Crippen LogP contribution in [0.15, 0.2) is 24.3 Å². The number of hydrogen-bond donors (Lipinski definition) is 3. The van der Waals surface area contributed by atoms with Crippen LogP contribution in [-0.4, -0.2) is 24.4 Å². The van der Waals surface area contributed by atoms with E-state index >= 15 is 0 Å². The maximum atomic E-state index is 12.0. The van der Waals surface area contributed by atoms with Gasteiger partial charge in [-0.2, -0.15) is 0 Å². The van der Waals surface area contributed by atoms with Gasteiger partial charge in [-0.1, -0.05) is 32.3 Å². The maximum absolute atomic E-state index is 12.0. The highest BCUT2D eigenvalue weighted by Gasteiger charge is 2.14. The molecule has 0 radical (unpaired) electrons. The molecule has 1 aliphatic rings. The lowest BCUT2D eigenvalue weighted by atomic mass is 9.95. The molecule has 0 heterocycles. The van der Waals surface area contributed by atoms with Crippen LogP contribution in [0.5, 0.6) is 0 Å². The largest absolute Gasteiger partial charge is 0.326 e. The third kappa shape index (κ3) is 5.48. The second-order valence-corrected chi connectivity index (χ2v) is 5.75. The fourth-order valence-electron chi connectivity index (χ4n) is 2.67. The number of hydrogen-bond acceptors (Lipinski definition) is 3. The van der Waals surface area contributed by atoms with Gasteiger partial charge in [0.25, 0.3) is 0 Å². The Kier molecular flexibility index (Phi) is 6.40. The molecule has 1 aromatic rings. The van der Waals surface area contributed by atoms with Gasteiger partial charge in [-0.3, -0.25) is 9.59 Å². The van der Waals surface area contributed by atoms with E-state index in [1.165, 1.54) is 19.3 Å². The van der Waals surface area contributed by atoms with E-state index in [2.05, 4.69) is 16.0 Å². The molecule has 0 atom stereocenters. The lowest BCUT2D eigenvalue weighted by molar-refractivity contribution is -0.116. The molecule has 22 heavy (non-hydrogen) atoms. The first kappa shape index (κ1) is 16.5. The molecule has 0 saturated heterocycles. The number of amides is 2. The summed E-state index contributed by atoms with van der Waals surface area (Å²) in [6.07, 6.45) is 6.55. The zero-order chi connectivity index (χ0) is 15.8. The smallest absolute Gasteiger partial charge is 0.238 e. The van der Waals surface area contributed by atoms with Crippen LogP contribution in [0.1, 0.15) is 45.4 Å². The Hall–Kier alpha value is -1.88. The Morgan fingerprint density at radius 2 is 1.68 bits per heavy atom. The molecular weight excluding hydrogens is 278 g/mol. The molecule has 2 amide bonds. The monoisotopic (exact) mass is 303 g/mol. The average Bonchev–Trinajstić information content (AvgIpc) is 2.54. The van der Waals surface area contributed by atoms with E-state index in [9.17, 15) is 9.59 Å². The van der Waals surface area contributed by atoms with Crippen LogP contribution in [-0.2, 0) is 9.59 Å². The van der Waals surface area contributed by atoms with Gasteiger partial charge in [0.05, 0.1) is 6.54 Å². The Bertz CT molecular complexity index is 510. The molecule has 0 bridgehead atoms. The van der Waals surface area contributed by atoms with E-state index in [1.54, 1.807) is 13.0 Å². The normalized spacial score (nSPS) is 15.3. The summed E-state index contributed by atoms with van der Waals surface area (Å²) in [7, 11) is 0. The Morgan fingerprint density at radius 3 is 2.32 bits per heavy atom. The van der Waals surface area contributed by atoms with Crippen molar-refractivity contribution in [3.8, 4) is 0 Å². The number of benzene rings is 1. The van der Waals surface area contributed by atoms with Gasteiger partial charge in [0.2, 0.25) is 11.8 Å². The molecule has 0 unspecified atom stereocenters. The molecule has 1 aromatic carbocycles. The minimum atomic E-state index is -0.0514. The first-order valence-electron chi connectivity index (χ1n) is 8.10. The summed E-state index contributed by atoms with van der Waals surface area (Å²) in [5, 5.41) is 8.96. The van der Waals surface area contributed by atoms with Gasteiger partial charge in [0, 0.05) is 23.8 Å². The minimum absolute atomic E-state index is 0.0394. The summed E-state index contributed by atoms with van der Waals surface area (Å²) in [6.45, 7) is 2.13. The van der Waals surface area contributed by atoms with Gasteiger partial charge < -0.3 is 16.0 Å². The first-order valence-corrected chi connectivity index (χ1v) is 8.10. The number of anilines is 2. The molecule has 0 spiro atoms. The maximum Gasteiger partial charge on any atom is 0.238 e. The van der Waals surface area contributed by atoms with Crippen molar-refractivity contribution in [3.05, 3.63) is 24.3 Å². The summed E-state index contributed by atoms with van der Waals surface area (Å²) in [4.78, 5) is 23.4. The third-order valence-corrected chi connectivity index (χ3v) is 3.91. The van der Waals surface area contributed by atoms with E-state index in [0.29, 0.717) is 30.4 Å². The summed E-state index contributed by atoms with van der Waals surface area (Å²) >= 11 is 0. The van der Waals surface area contributed by atoms with Crippen molar-refractivity contribution >= 4 is 23.2 Å². The SMILES string of the molecule is CCC(=O)Nc1cccc(NC(=O)CNC2CCCCC2)c1. The molecule has 1 saturated carbocycles. The molecule has 120 valence electrons. The number of nitrogens with one attached hydrogen (secondary N) is 3. The molecule has 0 aromatic heterocycles. The third-order valence-electron chi connectivity index (χ3n) is 3.91. The van der Waals surface area contributed by atoms with Gasteiger partial charge in [-0.15, -0.1) is 0 Å². The van der Waals surface area contributed by atoms with Crippen LogP contribution in [0.25, 0.3) is 0 Å². The quantitative estimate of drug-likeness (QED) is 0.757. The highest BCUT2D eigenvalue weighted by Crippen LogP contribution is 2.17. The van der Waals surface area contributed by atoms with E-state index in [1.807, 2.05) is 18.2 Å². The molecule has 3 N–H and O–H groups in total. The molecule has 2 rings (SSSR count). The van der Waals surface area contributed by atoms with Crippen molar-refractivity contribution < 1.29 is 9.59 Å². The highest BCUT2D eigenvalue weighted by atomic mass is 16.2.